The molecule has 2 amide bonds. The minimum atomic E-state index is -0.632. The van der Waals surface area contributed by atoms with E-state index in [0.29, 0.717) is 62.8 Å². The molecule has 0 saturated heterocycles. The van der Waals surface area contributed by atoms with Gasteiger partial charge in [0.2, 0.25) is 11.8 Å². The molecule has 2 aliphatic rings. The van der Waals surface area contributed by atoms with Crippen molar-refractivity contribution in [3.8, 4) is 22.9 Å². The molecule has 0 aliphatic carbocycles. The van der Waals surface area contributed by atoms with E-state index in [1.165, 1.54) is 0 Å². The number of carbonyl (C=O) groups is 2. The minimum absolute atomic E-state index is 0.0337. The van der Waals surface area contributed by atoms with Gasteiger partial charge in [-0.1, -0.05) is 47.5 Å². The van der Waals surface area contributed by atoms with E-state index < -0.39 is 12.1 Å². The molecule has 15 nitrogen and oxygen atoms in total. The van der Waals surface area contributed by atoms with Gasteiger partial charge in [-0.3, -0.25) is 28.7 Å². The summed E-state index contributed by atoms with van der Waals surface area (Å²) in [5.74, 6) is 3.38. The third kappa shape index (κ3) is 8.96. The van der Waals surface area contributed by atoms with Gasteiger partial charge in [0.15, 0.2) is 11.6 Å². The maximum Gasteiger partial charge on any atom is 0.222 e. The van der Waals surface area contributed by atoms with Gasteiger partial charge in [0.05, 0.1) is 56.0 Å². The Morgan fingerprint density at radius 2 is 1.15 bits per heavy atom. The van der Waals surface area contributed by atoms with Crippen molar-refractivity contribution in [2.75, 3.05) is 40.0 Å². The summed E-state index contributed by atoms with van der Waals surface area (Å²) in [6.45, 7) is 7.19. The van der Waals surface area contributed by atoms with Crippen molar-refractivity contribution in [2.45, 2.75) is 45.7 Å². The van der Waals surface area contributed by atoms with E-state index in [1.807, 2.05) is 115 Å². The van der Waals surface area contributed by atoms with E-state index in [1.54, 1.807) is 7.11 Å². The molecule has 0 radical (unpaired) electrons. The predicted octanol–water partition coefficient (Wildman–Crippen LogP) is 6.69. The number of methoxy groups -OCH3 is 1. The number of hydrogen-bond acceptors (Lipinski definition) is 11. The molecule has 318 valence electrons. The molecule has 2 atom stereocenters. The molecule has 0 spiro atoms. The van der Waals surface area contributed by atoms with E-state index in [0.717, 1.165) is 33.6 Å². The Kier molecular flexibility index (Phi) is 12.7. The smallest absolute Gasteiger partial charge is 0.222 e. The molecule has 0 fully saturated rings. The zero-order chi connectivity index (χ0) is 43.3. The largest absolute Gasteiger partial charge is 0.497 e. The second-order valence-electron chi connectivity index (χ2n) is 14.6. The van der Waals surface area contributed by atoms with Crippen LogP contribution in [0.1, 0.15) is 77.4 Å². The summed E-state index contributed by atoms with van der Waals surface area (Å²) >= 11 is 12.5. The van der Waals surface area contributed by atoms with Crippen molar-refractivity contribution < 1.29 is 23.8 Å². The molecule has 0 saturated carbocycles. The highest BCUT2D eigenvalue weighted by Crippen LogP contribution is 2.36. The molecule has 2 aliphatic heterocycles. The number of amides is 2. The normalized spacial score (nSPS) is 15.1. The number of carbonyl (C=O) groups excluding carboxylic acids is 2. The van der Waals surface area contributed by atoms with Crippen LogP contribution >= 0.6 is 23.2 Å². The van der Waals surface area contributed by atoms with Gasteiger partial charge in [-0.2, -0.15) is 0 Å². The number of ether oxygens (including phenoxy) is 3. The molecule has 0 unspecified atom stereocenters. The van der Waals surface area contributed by atoms with Crippen molar-refractivity contribution in [1.82, 2.24) is 40.2 Å². The third-order valence-electron chi connectivity index (χ3n) is 10.5. The fourth-order valence-corrected chi connectivity index (χ4v) is 7.84. The molecule has 6 aromatic rings. The first-order valence-electron chi connectivity index (χ1n) is 20.2. The SMILES string of the molecule is CCNC(=O)C[C@H]1N=C(c2ccc(Cl)cc2)c2cc(OCCOCCNC(=O)C[C@@H]3N=C(c4ccc(Cl)cc4)c4cc(OC)ccc4-n4c(C)nnc43)ccc2-n2c(C)nnc21. The summed E-state index contributed by atoms with van der Waals surface area (Å²) in [5, 5.41) is 24.7. The molecule has 4 aromatic carbocycles. The topological polar surface area (TPSA) is 172 Å². The van der Waals surface area contributed by atoms with Gasteiger partial charge in [-0.25, -0.2) is 0 Å². The zero-order valence-electron chi connectivity index (χ0n) is 34.6. The van der Waals surface area contributed by atoms with Crippen molar-refractivity contribution in [2.24, 2.45) is 9.98 Å². The van der Waals surface area contributed by atoms with Crippen molar-refractivity contribution in [3.05, 3.63) is 141 Å². The van der Waals surface area contributed by atoms with Gasteiger partial charge in [0, 0.05) is 45.4 Å². The Bertz CT molecular complexity index is 2680. The standard InChI is InChI=1S/C45H44Cl2N10O5/c1-5-48-40(58)24-36-44-54-53-27(3)57(44)39-17-15-33(23-35(39)43(50-36)29-8-12-31(47)13-9-29)62-21-20-61-19-18-49-41(59)25-37-45-55-52-26(2)56(45)38-16-14-32(60-4)22-34(38)42(51-37)28-6-10-30(46)11-7-28/h6-17,22-23,36-37H,5,18-21,24-25H2,1-4H3,(H,48,58)(H,49,59)/t36-,37+/m1/s1. The molecule has 17 heteroatoms. The molecular weight excluding hydrogens is 831 g/mol. The van der Waals surface area contributed by atoms with E-state index in [2.05, 4.69) is 31.0 Å². The Labute approximate surface area is 368 Å². The van der Waals surface area contributed by atoms with Crippen molar-refractivity contribution >= 4 is 46.4 Å². The van der Waals surface area contributed by atoms with Crippen molar-refractivity contribution in [1.29, 1.82) is 0 Å². The zero-order valence-corrected chi connectivity index (χ0v) is 36.1. The predicted molar refractivity (Wildman–Crippen MR) is 236 cm³/mol. The quantitative estimate of drug-likeness (QED) is 0.107. The first-order chi connectivity index (χ1) is 30.1. The lowest BCUT2D eigenvalue weighted by atomic mass is 10.00. The van der Waals surface area contributed by atoms with Crippen LogP contribution in [0.15, 0.2) is 94.9 Å². The van der Waals surface area contributed by atoms with Crippen LogP contribution in [0.4, 0.5) is 0 Å². The molecule has 0 bridgehead atoms. The van der Waals surface area contributed by atoms with Crippen LogP contribution in [0.25, 0.3) is 11.4 Å². The lowest BCUT2D eigenvalue weighted by Crippen LogP contribution is -2.29. The number of aryl methyl sites for hydroxylation is 2. The minimum Gasteiger partial charge on any atom is -0.497 e. The number of aliphatic imine (C=N–C) groups is 2. The van der Waals surface area contributed by atoms with Gasteiger partial charge in [0.25, 0.3) is 0 Å². The average molecular weight is 876 g/mol. The monoisotopic (exact) mass is 874 g/mol. The summed E-state index contributed by atoms with van der Waals surface area (Å²) in [7, 11) is 1.62. The van der Waals surface area contributed by atoms with Gasteiger partial charge in [-0.05, 0) is 81.4 Å². The van der Waals surface area contributed by atoms with Crippen LogP contribution < -0.4 is 20.1 Å². The summed E-state index contributed by atoms with van der Waals surface area (Å²) in [6.07, 6.45) is 0.136. The highest BCUT2D eigenvalue weighted by atomic mass is 35.5. The number of nitrogens with zero attached hydrogens (tertiary/aromatic N) is 8. The second kappa shape index (κ2) is 18.7. The molecular formula is C45H44Cl2N10O5. The van der Waals surface area contributed by atoms with E-state index >= 15 is 0 Å². The average Bonchev–Trinajstić information content (AvgIpc) is 3.77. The van der Waals surface area contributed by atoms with Crippen LogP contribution in [0, 0.1) is 13.8 Å². The number of halogens is 2. The summed E-state index contributed by atoms with van der Waals surface area (Å²) in [4.78, 5) is 36.5. The number of hydrogen-bond donors (Lipinski definition) is 2. The summed E-state index contributed by atoms with van der Waals surface area (Å²) in [6, 6.07) is 25.1. The molecule has 2 N–H and O–H groups in total. The Morgan fingerprint density at radius 3 is 1.66 bits per heavy atom. The molecule has 2 aromatic heterocycles. The number of nitrogens with one attached hydrogen (secondary N) is 2. The van der Waals surface area contributed by atoms with Gasteiger partial charge >= 0.3 is 0 Å². The fraction of sp³-hybridized carbons (Fsp3) is 0.289. The second-order valence-corrected chi connectivity index (χ2v) is 15.5. The number of rotatable bonds is 15. The fourth-order valence-electron chi connectivity index (χ4n) is 7.59. The van der Waals surface area contributed by atoms with Crippen LogP contribution in [0.3, 0.4) is 0 Å². The number of benzene rings is 4. The maximum absolute atomic E-state index is 13.4. The van der Waals surface area contributed by atoms with Gasteiger partial charge < -0.3 is 24.8 Å². The molecule has 62 heavy (non-hydrogen) atoms. The van der Waals surface area contributed by atoms with Crippen LogP contribution in [0.5, 0.6) is 11.5 Å². The number of fused-ring (bicyclic) bond motifs is 6. The lowest BCUT2D eigenvalue weighted by molar-refractivity contribution is -0.122. The van der Waals surface area contributed by atoms with Crippen molar-refractivity contribution in [3.63, 3.8) is 0 Å². The molecule has 8 rings (SSSR count). The first-order valence-corrected chi connectivity index (χ1v) is 21.0. The Balaban J connectivity index is 0.919. The maximum atomic E-state index is 13.4. The highest BCUT2D eigenvalue weighted by Gasteiger charge is 2.32. The van der Waals surface area contributed by atoms with Crippen LogP contribution in [0.2, 0.25) is 10.0 Å². The third-order valence-corrected chi connectivity index (χ3v) is 11.0. The van der Waals surface area contributed by atoms with Crippen LogP contribution in [-0.4, -0.2) is 92.8 Å². The van der Waals surface area contributed by atoms with E-state index in [4.69, 9.17) is 47.4 Å². The van der Waals surface area contributed by atoms with Gasteiger partial charge in [0.1, 0.15) is 41.8 Å². The van der Waals surface area contributed by atoms with E-state index in [9.17, 15) is 9.59 Å². The number of aromatic nitrogens is 6. The molecule has 4 heterocycles. The Hall–Kier alpha value is -6.42. The summed E-state index contributed by atoms with van der Waals surface area (Å²) in [5.41, 5.74) is 6.26. The highest BCUT2D eigenvalue weighted by molar-refractivity contribution is 6.31. The van der Waals surface area contributed by atoms with Crippen LogP contribution in [-0.2, 0) is 14.3 Å². The summed E-state index contributed by atoms with van der Waals surface area (Å²) < 4.78 is 21.5. The van der Waals surface area contributed by atoms with E-state index in [-0.39, 0.29) is 51.0 Å². The first kappa shape index (κ1) is 42.3. The Morgan fingerprint density at radius 1 is 0.645 bits per heavy atom. The van der Waals surface area contributed by atoms with Gasteiger partial charge in [-0.15, -0.1) is 20.4 Å². The lowest BCUT2D eigenvalue weighted by Gasteiger charge is -2.15.